The topological polar surface area (TPSA) is 8.81 Å². The van der Waals surface area contributed by atoms with Crippen LogP contribution >= 0.6 is 0 Å². The number of hydrogen-bond acceptors (Lipinski definition) is 0. The molecular weight excluding hydrogens is 340 g/mol. The summed E-state index contributed by atoms with van der Waals surface area (Å²) in [6.45, 7) is 10.2. The molecule has 0 atom stereocenters. The van der Waals surface area contributed by atoms with Crippen LogP contribution in [0.5, 0.6) is 0 Å². The predicted octanol–water partition coefficient (Wildman–Crippen LogP) is 6.19. The van der Waals surface area contributed by atoms with Crippen LogP contribution in [0.3, 0.4) is 0 Å². The normalized spacial score (nSPS) is 12.8. The lowest BCUT2D eigenvalue weighted by Gasteiger charge is -2.22. The summed E-state index contributed by atoms with van der Waals surface area (Å²) in [5, 5.41) is 1.37. The molecular formula is C26H27N2+. The van der Waals surface area contributed by atoms with Gasteiger partial charge in [0.05, 0.1) is 16.8 Å². The van der Waals surface area contributed by atoms with Crippen LogP contribution in [0.4, 0.5) is 0 Å². The molecule has 28 heavy (non-hydrogen) atoms. The highest BCUT2D eigenvalue weighted by Crippen LogP contribution is 2.42. The van der Waals surface area contributed by atoms with Crippen LogP contribution in [-0.2, 0) is 6.54 Å². The van der Waals surface area contributed by atoms with E-state index in [1.807, 2.05) is 0 Å². The highest BCUT2D eigenvalue weighted by molar-refractivity contribution is 5.94. The van der Waals surface area contributed by atoms with Crippen molar-refractivity contribution in [3.63, 3.8) is 0 Å². The van der Waals surface area contributed by atoms with Gasteiger partial charge < -0.3 is 4.57 Å². The lowest BCUT2D eigenvalue weighted by Crippen LogP contribution is -2.31. The lowest BCUT2D eigenvalue weighted by molar-refractivity contribution is -0.672. The fourth-order valence-electron chi connectivity index (χ4n) is 4.74. The van der Waals surface area contributed by atoms with E-state index in [1.165, 1.54) is 44.7 Å². The molecule has 4 aromatic rings. The van der Waals surface area contributed by atoms with Crippen LogP contribution in [-0.4, -0.2) is 4.57 Å². The van der Waals surface area contributed by atoms with E-state index in [9.17, 15) is 0 Å². The summed E-state index contributed by atoms with van der Waals surface area (Å²) < 4.78 is 4.93. The van der Waals surface area contributed by atoms with E-state index in [-0.39, 0.29) is 0 Å². The molecule has 1 aliphatic heterocycles. The zero-order valence-electron chi connectivity index (χ0n) is 17.1. The van der Waals surface area contributed by atoms with Gasteiger partial charge in [-0.15, -0.1) is 0 Å². The van der Waals surface area contributed by atoms with Gasteiger partial charge in [-0.1, -0.05) is 64.1 Å². The first-order chi connectivity index (χ1) is 13.6. The van der Waals surface area contributed by atoms with Crippen molar-refractivity contribution in [3.05, 3.63) is 83.6 Å². The number of nitrogens with zero attached hydrogens (tertiary/aromatic N) is 2. The molecule has 0 saturated heterocycles. The third-order valence-electron chi connectivity index (χ3n) is 6.06. The lowest BCUT2D eigenvalue weighted by atomic mass is 9.92. The van der Waals surface area contributed by atoms with Crippen molar-refractivity contribution in [2.24, 2.45) is 0 Å². The molecule has 5 rings (SSSR count). The molecule has 2 aromatic carbocycles. The number of aromatic nitrogens is 2. The van der Waals surface area contributed by atoms with E-state index in [4.69, 9.17) is 0 Å². The molecule has 0 bridgehead atoms. The largest absolute Gasteiger partial charge is 0.303 e. The second-order valence-electron chi connectivity index (χ2n) is 8.49. The van der Waals surface area contributed by atoms with Crippen molar-refractivity contribution in [1.29, 1.82) is 0 Å². The molecule has 2 heteroatoms. The Hall–Kier alpha value is -2.87. The summed E-state index contributed by atoms with van der Waals surface area (Å²) >= 11 is 0. The number of para-hydroxylation sites is 2. The van der Waals surface area contributed by atoms with E-state index < -0.39 is 0 Å². The summed E-state index contributed by atoms with van der Waals surface area (Å²) in [6.07, 6.45) is 2.20. The first kappa shape index (κ1) is 17.2. The zero-order valence-corrected chi connectivity index (χ0v) is 17.1. The van der Waals surface area contributed by atoms with E-state index >= 15 is 0 Å². The summed E-state index contributed by atoms with van der Waals surface area (Å²) in [4.78, 5) is 0. The number of benzene rings is 2. The number of fused-ring (bicyclic) bond motifs is 5. The van der Waals surface area contributed by atoms with Crippen molar-refractivity contribution in [1.82, 2.24) is 4.57 Å². The van der Waals surface area contributed by atoms with Gasteiger partial charge in [0.1, 0.15) is 5.69 Å². The molecule has 0 fully saturated rings. The second kappa shape index (κ2) is 6.34. The van der Waals surface area contributed by atoms with Crippen LogP contribution in [0.2, 0.25) is 0 Å². The molecule has 0 radical (unpaired) electrons. The number of pyridine rings is 1. The third-order valence-corrected chi connectivity index (χ3v) is 6.06. The van der Waals surface area contributed by atoms with E-state index in [1.54, 1.807) is 0 Å². The van der Waals surface area contributed by atoms with Crippen LogP contribution in [0.25, 0.3) is 28.0 Å². The van der Waals surface area contributed by atoms with Gasteiger partial charge in [-0.25, -0.2) is 0 Å². The maximum atomic E-state index is 2.55. The minimum Gasteiger partial charge on any atom is -0.303 e. The summed E-state index contributed by atoms with van der Waals surface area (Å²) in [5.74, 6) is 0.935. The first-order valence-electron chi connectivity index (χ1n) is 10.3. The van der Waals surface area contributed by atoms with E-state index in [2.05, 4.69) is 104 Å². The van der Waals surface area contributed by atoms with Gasteiger partial charge >= 0.3 is 0 Å². The monoisotopic (exact) mass is 367 g/mol. The fourth-order valence-corrected chi connectivity index (χ4v) is 4.74. The van der Waals surface area contributed by atoms with Gasteiger partial charge in [-0.05, 0) is 35.1 Å². The predicted molar refractivity (Wildman–Crippen MR) is 116 cm³/mol. The van der Waals surface area contributed by atoms with Crippen LogP contribution < -0.4 is 4.57 Å². The minimum atomic E-state index is 0.467. The van der Waals surface area contributed by atoms with Gasteiger partial charge in [0.25, 0.3) is 0 Å². The van der Waals surface area contributed by atoms with E-state index in [0.717, 1.165) is 6.54 Å². The summed E-state index contributed by atoms with van der Waals surface area (Å²) in [6, 6.07) is 22.3. The highest BCUT2D eigenvalue weighted by Gasteiger charge is 2.34. The van der Waals surface area contributed by atoms with Gasteiger partial charge in [0.15, 0.2) is 12.7 Å². The Bertz CT molecular complexity index is 1170. The van der Waals surface area contributed by atoms with Crippen molar-refractivity contribution >= 4 is 10.9 Å². The molecule has 0 saturated carbocycles. The van der Waals surface area contributed by atoms with Gasteiger partial charge in [-0.2, -0.15) is 4.57 Å². The first-order valence-corrected chi connectivity index (χ1v) is 10.3. The van der Waals surface area contributed by atoms with Crippen molar-refractivity contribution in [2.45, 2.75) is 46.1 Å². The quantitative estimate of drug-likeness (QED) is 0.336. The summed E-state index contributed by atoms with van der Waals surface area (Å²) in [7, 11) is 0. The Morgan fingerprint density at radius 2 is 1.46 bits per heavy atom. The fraction of sp³-hybridized carbons (Fsp3) is 0.269. The molecule has 0 N–H and O–H groups in total. The van der Waals surface area contributed by atoms with Crippen LogP contribution in [0.15, 0.2) is 66.9 Å². The second-order valence-corrected chi connectivity index (χ2v) is 8.49. The molecule has 2 aromatic heterocycles. The zero-order chi connectivity index (χ0) is 19.4. The standard InChI is InChI=1S/C26H27N2/c1-17(2)19-11-9-12-20(18(3)4)25(19)28-23-13-6-5-10-21(23)22-16-27-15-8-7-14-24(27)26(22)28/h5-15,17-18H,16H2,1-4H3/q+1. The summed E-state index contributed by atoms with van der Waals surface area (Å²) in [5.41, 5.74) is 9.64. The minimum absolute atomic E-state index is 0.467. The molecule has 0 aliphatic carbocycles. The smallest absolute Gasteiger partial charge is 0.230 e. The maximum absolute atomic E-state index is 2.55. The Kier molecular flexibility index (Phi) is 3.90. The van der Waals surface area contributed by atoms with Crippen molar-refractivity contribution in [2.75, 3.05) is 0 Å². The Labute approximate surface area is 167 Å². The molecule has 1 aliphatic rings. The van der Waals surface area contributed by atoms with Gasteiger partial charge in [0.2, 0.25) is 5.69 Å². The Morgan fingerprint density at radius 1 is 0.786 bits per heavy atom. The van der Waals surface area contributed by atoms with Crippen molar-refractivity contribution < 1.29 is 4.57 Å². The van der Waals surface area contributed by atoms with Crippen LogP contribution in [0.1, 0.15) is 56.2 Å². The molecule has 140 valence electrons. The Morgan fingerprint density at radius 3 is 2.18 bits per heavy atom. The van der Waals surface area contributed by atoms with Crippen LogP contribution in [0, 0.1) is 0 Å². The average molecular weight is 368 g/mol. The molecule has 0 spiro atoms. The molecule has 3 heterocycles. The van der Waals surface area contributed by atoms with Crippen molar-refractivity contribution in [3.8, 4) is 17.1 Å². The molecule has 0 unspecified atom stereocenters. The maximum Gasteiger partial charge on any atom is 0.230 e. The van der Waals surface area contributed by atoms with Gasteiger partial charge in [0, 0.05) is 17.5 Å². The SMILES string of the molecule is CC(C)c1cccc(C(C)C)c1-n1c2c(c3ccccc31)C[n+]1ccccc1-2. The average Bonchev–Trinajstić information content (AvgIpc) is 3.22. The van der Waals surface area contributed by atoms with Gasteiger partial charge in [-0.3, -0.25) is 0 Å². The molecule has 0 amide bonds. The number of hydrogen-bond donors (Lipinski definition) is 0. The Balaban J connectivity index is 1.96. The number of rotatable bonds is 3. The third kappa shape index (κ3) is 2.37. The van der Waals surface area contributed by atoms with E-state index in [0.29, 0.717) is 11.8 Å². The highest BCUT2D eigenvalue weighted by atomic mass is 15.1. The molecule has 2 nitrogen and oxygen atoms in total.